The molecule has 1 heterocycles. The van der Waals surface area contributed by atoms with E-state index in [2.05, 4.69) is 22.1 Å². The molecule has 0 aliphatic rings. The number of benzene rings is 2. The first-order valence-electron chi connectivity index (χ1n) is 8.25. The van der Waals surface area contributed by atoms with Crippen LogP contribution in [0.15, 0.2) is 66.9 Å². The molecular weight excluding hydrogens is 340 g/mol. The highest BCUT2D eigenvalue weighted by Crippen LogP contribution is 2.23. The average Bonchev–Trinajstić information content (AvgIpc) is 2.72. The van der Waals surface area contributed by atoms with Crippen molar-refractivity contribution in [3.63, 3.8) is 0 Å². The predicted octanol–water partition coefficient (Wildman–Crippen LogP) is 3.75. The van der Waals surface area contributed by atoms with Crippen molar-refractivity contribution < 1.29 is 14.3 Å². The maximum Gasteiger partial charge on any atom is 0.255 e. The van der Waals surface area contributed by atoms with Gasteiger partial charge in [-0.25, -0.2) is 4.98 Å². The molecule has 3 aromatic rings. The number of nitrogens with one attached hydrogen (secondary N) is 1. The average molecular weight is 358 g/mol. The highest BCUT2D eigenvalue weighted by atomic mass is 16.5. The number of carbonyl (C=O) groups excluding carboxylic acids is 1. The first-order chi connectivity index (χ1) is 13.2. The second-order valence-corrected chi connectivity index (χ2v) is 5.60. The molecule has 5 nitrogen and oxygen atoms in total. The van der Waals surface area contributed by atoms with Crippen LogP contribution in [0.3, 0.4) is 0 Å². The molecule has 0 saturated carbocycles. The van der Waals surface area contributed by atoms with Gasteiger partial charge in [0.05, 0.1) is 14.2 Å². The maximum atomic E-state index is 12.6. The molecule has 0 atom stereocenters. The van der Waals surface area contributed by atoms with Crippen LogP contribution in [0.1, 0.15) is 21.6 Å². The molecule has 0 spiro atoms. The van der Waals surface area contributed by atoms with Crippen LogP contribution in [0.5, 0.6) is 11.5 Å². The zero-order chi connectivity index (χ0) is 19.1. The molecule has 0 bridgehead atoms. The number of anilines is 1. The number of carbonyl (C=O) groups is 1. The Balaban J connectivity index is 1.78. The zero-order valence-electron chi connectivity index (χ0n) is 15.0. The van der Waals surface area contributed by atoms with E-state index in [4.69, 9.17) is 9.47 Å². The minimum Gasteiger partial charge on any atom is -0.497 e. The molecule has 0 aliphatic carbocycles. The Labute approximate surface area is 158 Å². The van der Waals surface area contributed by atoms with Gasteiger partial charge in [0.25, 0.3) is 5.91 Å². The predicted molar refractivity (Wildman–Crippen MR) is 104 cm³/mol. The van der Waals surface area contributed by atoms with Gasteiger partial charge in [0.15, 0.2) is 0 Å². The van der Waals surface area contributed by atoms with Crippen LogP contribution in [-0.4, -0.2) is 25.1 Å². The van der Waals surface area contributed by atoms with Crippen molar-refractivity contribution >= 4 is 11.6 Å². The molecule has 3 rings (SSSR count). The lowest BCUT2D eigenvalue weighted by molar-refractivity contribution is 0.102. The van der Waals surface area contributed by atoms with Crippen LogP contribution in [0.4, 0.5) is 5.69 Å². The summed E-state index contributed by atoms with van der Waals surface area (Å²) in [6, 6.07) is 17.9. The number of aromatic nitrogens is 1. The van der Waals surface area contributed by atoms with E-state index in [1.165, 1.54) is 0 Å². The zero-order valence-corrected chi connectivity index (χ0v) is 15.0. The lowest BCUT2D eigenvalue weighted by atomic mass is 10.1. The molecule has 0 radical (unpaired) electrons. The van der Waals surface area contributed by atoms with Gasteiger partial charge in [0.2, 0.25) is 0 Å². The van der Waals surface area contributed by atoms with Gasteiger partial charge in [0.1, 0.15) is 17.2 Å². The SMILES string of the molecule is COc1cc(OC)cc(C(=O)Nc2cccc(C#Cc3ccccn3)c2)c1. The van der Waals surface area contributed by atoms with Crippen LogP contribution in [0.25, 0.3) is 0 Å². The third-order valence-corrected chi connectivity index (χ3v) is 3.73. The maximum absolute atomic E-state index is 12.6. The van der Waals surface area contributed by atoms with Crippen LogP contribution in [-0.2, 0) is 0 Å². The van der Waals surface area contributed by atoms with E-state index in [1.807, 2.05) is 36.4 Å². The quantitative estimate of drug-likeness (QED) is 0.722. The van der Waals surface area contributed by atoms with E-state index in [0.29, 0.717) is 28.4 Å². The number of ether oxygens (including phenoxy) is 2. The number of pyridine rings is 1. The van der Waals surface area contributed by atoms with E-state index in [-0.39, 0.29) is 5.91 Å². The topological polar surface area (TPSA) is 60.5 Å². The fraction of sp³-hybridized carbons (Fsp3) is 0.0909. The molecule has 27 heavy (non-hydrogen) atoms. The van der Waals surface area contributed by atoms with Crippen molar-refractivity contribution in [2.75, 3.05) is 19.5 Å². The molecule has 1 N–H and O–H groups in total. The van der Waals surface area contributed by atoms with Crippen LogP contribution < -0.4 is 14.8 Å². The number of rotatable bonds is 4. The minimum atomic E-state index is -0.262. The third kappa shape index (κ3) is 4.86. The van der Waals surface area contributed by atoms with E-state index in [0.717, 1.165) is 5.56 Å². The normalized spacial score (nSPS) is 9.70. The Hall–Kier alpha value is -3.78. The lowest BCUT2D eigenvalue weighted by Crippen LogP contribution is -2.12. The number of hydrogen-bond acceptors (Lipinski definition) is 4. The second-order valence-electron chi connectivity index (χ2n) is 5.60. The Morgan fingerprint density at radius 2 is 1.70 bits per heavy atom. The molecular formula is C22H18N2O3. The van der Waals surface area contributed by atoms with Crippen LogP contribution in [0.2, 0.25) is 0 Å². The third-order valence-electron chi connectivity index (χ3n) is 3.73. The van der Waals surface area contributed by atoms with Crippen LogP contribution >= 0.6 is 0 Å². The second kappa shape index (κ2) is 8.54. The standard InChI is InChI=1S/C22H18N2O3/c1-26-20-13-17(14-21(15-20)27-2)22(25)24-19-8-5-6-16(12-19)9-10-18-7-3-4-11-23-18/h3-8,11-15H,1-2H3,(H,24,25). The van der Waals surface area contributed by atoms with E-state index < -0.39 is 0 Å². The molecule has 0 unspecified atom stereocenters. The van der Waals surface area contributed by atoms with Gasteiger partial charge in [0, 0.05) is 29.1 Å². The van der Waals surface area contributed by atoms with Gasteiger partial charge in [-0.3, -0.25) is 4.79 Å². The number of hydrogen-bond donors (Lipinski definition) is 1. The van der Waals surface area contributed by atoms with E-state index >= 15 is 0 Å². The Bertz CT molecular complexity index is 983. The van der Waals surface area contributed by atoms with E-state index in [9.17, 15) is 4.79 Å². The molecule has 0 fully saturated rings. The summed E-state index contributed by atoms with van der Waals surface area (Å²) in [5.41, 5.74) is 2.56. The summed E-state index contributed by atoms with van der Waals surface area (Å²) in [6.45, 7) is 0. The first kappa shape index (κ1) is 18.0. The fourth-order valence-electron chi connectivity index (χ4n) is 2.39. The minimum absolute atomic E-state index is 0.262. The molecule has 134 valence electrons. The summed E-state index contributed by atoms with van der Waals surface area (Å²) in [6.07, 6.45) is 1.70. The molecule has 5 heteroatoms. The molecule has 0 saturated heterocycles. The summed E-state index contributed by atoms with van der Waals surface area (Å²) in [7, 11) is 3.08. The van der Waals surface area contributed by atoms with Crippen molar-refractivity contribution in [3.8, 4) is 23.3 Å². The Kier molecular flexibility index (Phi) is 5.70. The summed E-state index contributed by atoms with van der Waals surface area (Å²) in [4.78, 5) is 16.7. The van der Waals surface area contributed by atoms with Crippen molar-refractivity contribution in [1.82, 2.24) is 4.98 Å². The van der Waals surface area contributed by atoms with Gasteiger partial charge < -0.3 is 14.8 Å². The monoisotopic (exact) mass is 358 g/mol. The summed E-state index contributed by atoms with van der Waals surface area (Å²) in [5.74, 6) is 6.88. The van der Waals surface area contributed by atoms with Crippen LogP contribution in [0, 0.1) is 11.8 Å². The highest BCUT2D eigenvalue weighted by molar-refractivity contribution is 6.04. The van der Waals surface area contributed by atoms with Gasteiger partial charge in [-0.05, 0) is 48.4 Å². The lowest BCUT2D eigenvalue weighted by Gasteiger charge is -2.09. The summed E-state index contributed by atoms with van der Waals surface area (Å²) < 4.78 is 10.4. The van der Waals surface area contributed by atoms with Gasteiger partial charge in [-0.1, -0.05) is 18.1 Å². The smallest absolute Gasteiger partial charge is 0.255 e. The first-order valence-corrected chi connectivity index (χ1v) is 8.25. The summed E-state index contributed by atoms with van der Waals surface area (Å²) >= 11 is 0. The molecule has 2 aromatic carbocycles. The number of nitrogens with zero attached hydrogens (tertiary/aromatic N) is 1. The fourth-order valence-corrected chi connectivity index (χ4v) is 2.39. The van der Waals surface area contributed by atoms with Crippen molar-refractivity contribution in [3.05, 3.63) is 83.7 Å². The van der Waals surface area contributed by atoms with Crippen molar-refractivity contribution in [2.24, 2.45) is 0 Å². The highest BCUT2D eigenvalue weighted by Gasteiger charge is 2.10. The van der Waals surface area contributed by atoms with Gasteiger partial charge in [-0.2, -0.15) is 0 Å². The molecule has 0 aliphatic heterocycles. The van der Waals surface area contributed by atoms with Crippen molar-refractivity contribution in [2.45, 2.75) is 0 Å². The number of methoxy groups -OCH3 is 2. The molecule has 1 amide bonds. The Morgan fingerprint density at radius 1 is 0.926 bits per heavy atom. The van der Waals surface area contributed by atoms with E-state index in [1.54, 1.807) is 44.7 Å². The van der Waals surface area contributed by atoms with Crippen molar-refractivity contribution in [1.29, 1.82) is 0 Å². The summed E-state index contributed by atoms with van der Waals surface area (Å²) in [5, 5.41) is 2.87. The number of amides is 1. The molecule has 1 aromatic heterocycles. The Morgan fingerprint density at radius 3 is 2.37 bits per heavy atom. The van der Waals surface area contributed by atoms with Gasteiger partial charge in [-0.15, -0.1) is 0 Å². The van der Waals surface area contributed by atoms with Gasteiger partial charge >= 0.3 is 0 Å². The largest absolute Gasteiger partial charge is 0.497 e.